The van der Waals surface area contributed by atoms with E-state index in [0.29, 0.717) is 0 Å². The van der Waals surface area contributed by atoms with E-state index < -0.39 is 18.0 Å². The summed E-state index contributed by atoms with van der Waals surface area (Å²) in [5.41, 5.74) is 0. The number of Topliss-reactive ketones (excluding diaryl/α,β-unsaturated/α-hetero) is 1. The van der Waals surface area contributed by atoms with Crippen LogP contribution in [0.25, 0.3) is 0 Å². The summed E-state index contributed by atoms with van der Waals surface area (Å²) in [6, 6.07) is 0. The number of fused-ring (bicyclic) bond motifs is 1. The number of rotatable bonds is 2. The third-order valence-corrected chi connectivity index (χ3v) is 2.77. The van der Waals surface area contributed by atoms with Crippen molar-refractivity contribution in [2.75, 3.05) is 0 Å². The van der Waals surface area contributed by atoms with E-state index in [2.05, 4.69) is 11.3 Å². The molecule has 0 aromatic heterocycles. The fourth-order valence-electron chi connectivity index (χ4n) is 2.17. The van der Waals surface area contributed by atoms with Crippen molar-refractivity contribution in [2.24, 2.45) is 17.8 Å². The fourth-order valence-corrected chi connectivity index (χ4v) is 2.17. The van der Waals surface area contributed by atoms with E-state index in [1.54, 1.807) is 0 Å². The molecule has 2 fully saturated rings. The lowest BCUT2D eigenvalue weighted by Gasteiger charge is -2.04. The highest BCUT2D eigenvalue weighted by atomic mass is 16.5. The Hall–Kier alpha value is -1.16. The molecule has 0 aliphatic heterocycles. The molecule has 0 saturated heterocycles. The van der Waals surface area contributed by atoms with Crippen LogP contribution in [-0.4, -0.2) is 23.0 Å². The third-order valence-electron chi connectivity index (χ3n) is 2.77. The topological polar surface area (TPSA) is 63.6 Å². The van der Waals surface area contributed by atoms with Crippen LogP contribution in [0.5, 0.6) is 0 Å². The van der Waals surface area contributed by atoms with Gasteiger partial charge in [0, 0.05) is 19.7 Å². The number of hydrogen-bond acceptors (Lipinski definition) is 4. The van der Waals surface area contributed by atoms with Gasteiger partial charge in [0.25, 0.3) is 0 Å². The van der Waals surface area contributed by atoms with E-state index in [4.69, 9.17) is 0 Å². The highest BCUT2D eigenvalue weighted by Crippen LogP contribution is 2.55. The molecule has 2 aliphatic carbocycles. The van der Waals surface area contributed by atoms with Gasteiger partial charge in [0.1, 0.15) is 5.78 Å². The Balaban J connectivity index is 0.000000980. The van der Waals surface area contributed by atoms with E-state index >= 15 is 0 Å². The van der Waals surface area contributed by atoms with Crippen molar-refractivity contribution >= 4 is 11.8 Å². The molecule has 0 bridgehead atoms. The average molecular weight is 184 g/mol. The SMILES string of the molecule is C=COC(=O)[C@@H]1[C@H]2C(=O)C[C@H](O)[C@H]21.[HH]. The van der Waals surface area contributed by atoms with Gasteiger partial charge in [0.05, 0.1) is 18.3 Å². The van der Waals surface area contributed by atoms with Crippen LogP contribution in [0.1, 0.15) is 7.85 Å². The fraction of sp³-hybridized carbons (Fsp3) is 0.556. The lowest BCUT2D eigenvalue weighted by Crippen LogP contribution is -2.17. The van der Waals surface area contributed by atoms with Crippen LogP contribution in [-0.2, 0) is 14.3 Å². The van der Waals surface area contributed by atoms with Crippen LogP contribution in [0, 0.1) is 17.8 Å². The molecule has 72 valence electrons. The van der Waals surface area contributed by atoms with Crippen molar-refractivity contribution in [2.45, 2.75) is 12.5 Å². The second kappa shape index (κ2) is 2.67. The van der Waals surface area contributed by atoms with Gasteiger partial charge in [-0.3, -0.25) is 9.59 Å². The number of aliphatic hydroxyl groups excluding tert-OH is 1. The molecule has 0 aromatic carbocycles. The Morgan fingerprint density at radius 3 is 2.92 bits per heavy atom. The van der Waals surface area contributed by atoms with Crippen LogP contribution in [0.15, 0.2) is 12.8 Å². The minimum Gasteiger partial charge on any atom is -0.435 e. The van der Waals surface area contributed by atoms with Crippen molar-refractivity contribution in [1.82, 2.24) is 0 Å². The monoisotopic (exact) mass is 184 g/mol. The second-order valence-corrected chi connectivity index (χ2v) is 3.47. The lowest BCUT2D eigenvalue weighted by atomic mass is 10.1. The molecule has 2 aliphatic rings. The van der Waals surface area contributed by atoms with Gasteiger partial charge in [-0.15, -0.1) is 0 Å². The lowest BCUT2D eigenvalue weighted by molar-refractivity contribution is -0.142. The van der Waals surface area contributed by atoms with Gasteiger partial charge < -0.3 is 9.84 Å². The predicted octanol–water partition coefficient (Wildman–Crippen LogP) is 0.115. The number of ketones is 1. The predicted molar refractivity (Wildman–Crippen MR) is 44.5 cm³/mol. The van der Waals surface area contributed by atoms with Gasteiger partial charge in [-0.1, -0.05) is 6.58 Å². The van der Waals surface area contributed by atoms with Crippen molar-refractivity contribution in [3.05, 3.63) is 12.8 Å². The third kappa shape index (κ3) is 1.09. The van der Waals surface area contributed by atoms with E-state index in [9.17, 15) is 14.7 Å². The first-order valence-corrected chi connectivity index (χ1v) is 4.19. The molecule has 1 N–H and O–H groups in total. The summed E-state index contributed by atoms with van der Waals surface area (Å²) in [4.78, 5) is 22.3. The van der Waals surface area contributed by atoms with Gasteiger partial charge in [-0.25, -0.2) is 0 Å². The summed E-state index contributed by atoms with van der Waals surface area (Å²) < 4.78 is 4.56. The first-order valence-electron chi connectivity index (χ1n) is 4.19. The van der Waals surface area contributed by atoms with Gasteiger partial charge in [-0.05, 0) is 0 Å². The van der Waals surface area contributed by atoms with Crippen LogP contribution in [0.2, 0.25) is 0 Å². The molecule has 0 amide bonds. The number of carbonyl (C=O) groups is 2. The minimum atomic E-state index is -0.653. The number of aliphatic hydroxyl groups is 1. The number of esters is 1. The molecular weight excluding hydrogens is 172 g/mol. The zero-order valence-corrected chi connectivity index (χ0v) is 6.97. The quantitative estimate of drug-likeness (QED) is 0.489. The molecule has 2 rings (SSSR count). The van der Waals surface area contributed by atoms with Gasteiger partial charge in [0.2, 0.25) is 0 Å². The summed E-state index contributed by atoms with van der Waals surface area (Å²) >= 11 is 0. The van der Waals surface area contributed by atoms with E-state index in [0.717, 1.165) is 6.26 Å². The molecule has 4 atom stereocenters. The molecule has 4 heteroatoms. The summed E-state index contributed by atoms with van der Waals surface area (Å²) in [6.07, 6.45) is 0.584. The number of hydrogen-bond donors (Lipinski definition) is 1. The van der Waals surface area contributed by atoms with Crippen molar-refractivity contribution < 1.29 is 20.9 Å². The molecule has 4 nitrogen and oxygen atoms in total. The normalized spacial score (nSPS) is 41.2. The van der Waals surface area contributed by atoms with Gasteiger partial charge in [-0.2, -0.15) is 0 Å². The van der Waals surface area contributed by atoms with Crippen LogP contribution in [0.3, 0.4) is 0 Å². The summed E-state index contributed by atoms with van der Waals surface area (Å²) in [5, 5.41) is 9.34. The molecule has 0 heterocycles. The molecule has 0 radical (unpaired) electrons. The Labute approximate surface area is 76.7 Å². The van der Waals surface area contributed by atoms with Gasteiger partial charge in [0.15, 0.2) is 0 Å². The van der Waals surface area contributed by atoms with E-state index in [-0.39, 0.29) is 25.5 Å². The zero-order valence-electron chi connectivity index (χ0n) is 6.97. The largest absolute Gasteiger partial charge is 0.435 e. The second-order valence-electron chi connectivity index (χ2n) is 3.47. The maximum atomic E-state index is 11.2. The molecule has 0 spiro atoms. The first kappa shape index (κ1) is 8.44. The summed E-state index contributed by atoms with van der Waals surface area (Å²) in [7, 11) is 0. The Morgan fingerprint density at radius 2 is 2.46 bits per heavy atom. The minimum absolute atomic E-state index is 0. The van der Waals surface area contributed by atoms with Crippen LogP contribution >= 0.6 is 0 Å². The van der Waals surface area contributed by atoms with Gasteiger partial charge >= 0.3 is 5.97 Å². The Bertz CT molecular complexity index is 289. The highest BCUT2D eigenvalue weighted by Gasteiger charge is 2.66. The highest BCUT2D eigenvalue weighted by molar-refractivity contribution is 5.95. The van der Waals surface area contributed by atoms with E-state index in [1.165, 1.54) is 0 Å². The van der Waals surface area contributed by atoms with Crippen molar-refractivity contribution in [1.29, 1.82) is 0 Å². The number of ether oxygens (including phenoxy) is 1. The van der Waals surface area contributed by atoms with E-state index in [1.807, 2.05) is 0 Å². The first-order chi connectivity index (χ1) is 6.16. The summed E-state index contributed by atoms with van der Waals surface area (Å²) in [6.45, 7) is 3.25. The molecule has 13 heavy (non-hydrogen) atoms. The van der Waals surface area contributed by atoms with Crippen LogP contribution < -0.4 is 0 Å². The van der Waals surface area contributed by atoms with Crippen molar-refractivity contribution in [3.63, 3.8) is 0 Å². The Kier molecular flexibility index (Phi) is 1.73. The smallest absolute Gasteiger partial charge is 0.314 e. The maximum Gasteiger partial charge on any atom is 0.314 e. The molecule has 0 aromatic rings. The Morgan fingerprint density at radius 1 is 1.77 bits per heavy atom. The van der Waals surface area contributed by atoms with Crippen molar-refractivity contribution in [3.8, 4) is 0 Å². The maximum absolute atomic E-state index is 11.2. The average Bonchev–Trinajstić information content (AvgIpc) is 2.72. The molecule has 2 saturated carbocycles. The molecular formula is C9H12O4. The summed E-state index contributed by atoms with van der Waals surface area (Å²) in [5.74, 6) is -1.38. The number of carbonyl (C=O) groups excluding carboxylic acids is 2. The standard InChI is InChI=1S/C9H10O4.H2/c1-2-13-9(12)8-6-4(10)3-5(11)7(6)8;/h2,4,6-8,10H,1,3H2;1H/t4-,6+,7-,8-;/m0./s1. The molecule has 0 unspecified atom stereocenters. The zero-order chi connectivity index (χ0) is 9.59. The van der Waals surface area contributed by atoms with Crippen LogP contribution in [0.4, 0.5) is 0 Å².